The minimum absolute atomic E-state index is 0.758. The van der Waals surface area contributed by atoms with Crippen LogP contribution in [-0.2, 0) is 35.9 Å². The van der Waals surface area contributed by atoms with Gasteiger partial charge in [0.1, 0.15) is 8.07 Å². The van der Waals surface area contributed by atoms with Crippen LogP contribution < -0.4 is 10.4 Å². The summed E-state index contributed by atoms with van der Waals surface area (Å²) in [6.45, 7) is 7.93. The maximum atomic E-state index is 5.78. The molecule has 0 N–H and O–H groups in total. The smallest absolute Gasteiger partial charge is 0.112 e. The van der Waals surface area contributed by atoms with Crippen molar-refractivity contribution in [3.8, 4) is 0 Å². The lowest BCUT2D eigenvalue weighted by Gasteiger charge is -2.27. The summed E-state index contributed by atoms with van der Waals surface area (Å²) in [7, 11) is -1.69. The van der Waals surface area contributed by atoms with Gasteiger partial charge in [0, 0.05) is 0 Å². The summed E-state index contributed by atoms with van der Waals surface area (Å²) in [5.41, 5.74) is 5.63. The molecule has 2 aromatic rings. The Kier molecular flexibility index (Phi) is 3.03. The molecule has 0 atom stereocenters. The molecule has 2 aliphatic rings. The van der Waals surface area contributed by atoms with E-state index in [1.807, 2.05) is 0 Å². The summed E-state index contributed by atoms with van der Waals surface area (Å²) >= 11 is 0. The third kappa shape index (κ3) is 2.00. The average molecular weight is 296 g/mol. The second-order valence-electron chi connectivity index (χ2n) is 6.50. The Labute approximate surface area is 126 Å². The van der Waals surface area contributed by atoms with Gasteiger partial charge in [-0.15, -0.1) is 0 Å². The van der Waals surface area contributed by atoms with Crippen molar-refractivity contribution < 1.29 is 9.47 Å². The average Bonchev–Trinajstić information content (AvgIpc) is 3.15. The van der Waals surface area contributed by atoms with Gasteiger partial charge in [0.05, 0.1) is 26.4 Å². The molecule has 4 rings (SSSR count). The molecular formula is C18H20O2Si. The van der Waals surface area contributed by atoms with Crippen LogP contribution in [-0.4, -0.2) is 8.07 Å². The molecular weight excluding hydrogens is 276 g/mol. The summed E-state index contributed by atoms with van der Waals surface area (Å²) in [6.07, 6.45) is 0. The molecule has 2 aromatic carbocycles. The van der Waals surface area contributed by atoms with E-state index in [-0.39, 0.29) is 0 Å². The van der Waals surface area contributed by atoms with Crippen LogP contribution >= 0.6 is 0 Å². The van der Waals surface area contributed by atoms with Crippen molar-refractivity contribution in [3.63, 3.8) is 0 Å². The van der Waals surface area contributed by atoms with E-state index in [0.29, 0.717) is 0 Å². The first-order valence-electron chi connectivity index (χ1n) is 7.56. The van der Waals surface area contributed by atoms with E-state index in [1.165, 1.54) is 32.6 Å². The van der Waals surface area contributed by atoms with Gasteiger partial charge in [-0.1, -0.05) is 54.7 Å². The number of hydrogen-bond donors (Lipinski definition) is 0. The first-order valence-corrected chi connectivity index (χ1v) is 10.6. The molecule has 0 unspecified atom stereocenters. The number of ether oxygens (including phenoxy) is 2. The van der Waals surface area contributed by atoms with Gasteiger partial charge >= 0.3 is 0 Å². The molecule has 0 amide bonds. The van der Waals surface area contributed by atoms with E-state index in [9.17, 15) is 0 Å². The topological polar surface area (TPSA) is 18.5 Å². The van der Waals surface area contributed by atoms with Gasteiger partial charge in [-0.3, -0.25) is 0 Å². The van der Waals surface area contributed by atoms with E-state index in [2.05, 4.69) is 49.5 Å². The van der Waals surface area contributed by atoms with Crippen molar-refractivity contribution >= 4 is 18.4 Å². The molecule has 108 valence electrons. The van der Waals surface area contributed by atoms with E-state index in [0.717, 1.165) is 26.4 Å². The summed E-state index contributed by atoms with van der Waals surface area (Å²) in [5.74, 6) is 0. The fourth-order valence-corrected chi connectivity index (χ4v) is 6.47. The minimum atomic E-state index is -1.69. The predicted octanol–water partition coefficient (Wildman–Crippen LogP) is 2.57. The molecule has 21 heavy (non-hydrogen) atoms. The van der Waals surface area contributed by atoms with Crippen LogP contribution in [0.1, 0.15) is 22.3 Å². The van der Waals surface area contributed by atoms with Gasteiger partial charge < -0.3 is 9.47 Å². The maximum Gasteiger partial charge on any atom is 0.112 e. The molecule has 2 aliphatic heterocycles. The second-order valence-corrected chi connectivity index (χ2v) is 10.9. The largest absolute Gasteiger partial charge is 0.372 e. The highest BCUT2D eigenvalue weighted by molar-refractivity contribution is 7.00. The molecule has 2 nitrogen and oxygen atoms in total. The summed E-state index contributed by atoms with van der Waals surface area (Å²) in [5, 5.41) is 3.02. The highest BCUT2D eigenvalue weighted by Crippen LogP contribution is 2.31. The van der Waals surface area contributed by atoms with Crippen molar-refractivity contribution in [3.05, 3.63) is 58.7 Å². The van der Waals surface area contributed by atoms with Crippen molar-refractivity contribution in [2.45, 2.75) is 39.5 Å². The Morgan fingerprint density at radius 3 is 2.29 bits per heavy atom. The molecule has 2 heterocycles. The third-order valence-corrected chi connectivity index (χ3v) is 8.49. The number of benzene rings is 2. The van der Waals surface area contributed by atoms with E-state index in [1.54, 1.807) is 0 Å². The molecule has 0 fully saturated rings. The molecule has 0 radical (unpaired) electrons. The van der Waals surface area contributed by atoms with Crippen LogP contribution in [0.15, 0.2) is 36.4 Å². The second kappa shape index (κ2) is 4.80. The van der Waals surface area contributed by atoms with E-state index >= 15 is 0 Å². The molecule has 0 aromatic heterocycles. The summed E-state index contributed by atoms with van der Waals surface area (Å²) < 4.78 is 11.5. The molecule has 3 heteroatoms. The molecule has 0 spiro atoms. The van der Waals surface area contributed by atoms with Gasteiger partial charge in [-0.2, -0.15) is 0 Å². The monoisotopic (exact) mass is 296 g/mol. The first kappa shape index (κ1) is 13.3. The molecule has 0 saturated carbocycles. The lowest BCUT2D eigenvalue weighted by atomic mass is 10.00. The Morgan fingerprint density at radius 1 is 0.810 bits per heavy atom. The van der Waals surface area contributed by atoms with Crippen molar-refractivity contribution in [2.24, 2.45) is 0 Å². The van der Waals surface area contributed by atoms with Crippen LogP contribution in [0.4, 0.5) is 0 Å². The zero-order valence-electron chi connectivity index (χ0n) is 12.6. The molecule has 0 aliphatic carbocycles. The van der Waals surface area contributed by atoms with Crippen LogP contribution in [0.2, 0.25) is 13.1 Å². The van der Waals surface area contributed by atoms with Crippen molar-refractivity contribution in [1.82, 2.24) is 0 Å². The molecule has 0 bridgehead atoms. The quantitative estimate of drug-likeness (QED) is 0.793. The predicted molar refractivity (Wildman–Crippen MR) is 86.6 cm³/mol. The summed E-state index contributed by atoms with van der Waals surface area (Å²) in [4.78, 5) is 0. The maximum absolute atomic E-state index is 5.78. The fraction of sp³-hybridized carbons (Fsp3) is 0.333. The highest BCUT2D eigenvalue weighted by atomic mass is 28.3. The Hall–Kier alpha value is -1.42. The van der Waals surface area contributed by atoms with Crippen LogP contribution in [0.5, 0.6) is 0 Å². The Balaban J connectivity index is 1.92. The van der Waals surface area contributed by atoms with Gasteiger partial charge in [0.25, 0.3) is 0 Å². The highest BCUT2D eigenvalue weighted by Gasteiger charge is 2.34. The molecule has 0 saturated heterocycles. The van der Waals surface area contributed by atoms with Gasteiger partial charge in [0.2, 0.25) is 0 Å². The van der Waals surface area contributed by atoms with Crippen LogP contribution in [0.25, 0.3) is 0 Å². The van der Waals surface area contributed by atoms with Crippen LogP contribution in [0, 0.1) is 0 Å². The van der Waals surface area contributed by atoms with E-state index in [4.69, 9.17) is 9.47 Å². The van der Waals surface area contributed by atoms with Crippen molar-refractivity contribution in [2.75, 3.05) is 0 Å². The lowest BCUT2D eigenvalue weighted by molar-refractivity contribution is 0.126. The Bertz CT molecular complexity index is 692. The zero-order chi connectivity index (χ0) is 14.4. The van der Waals surface area contributed by atoms with Gasteiger partial charge in [-0.05, 0) is 27.4 Å². The lowest BCUT2D eigenvalue weighted by Crippen LogP contribution is -2.54. The van der Waals surface area contributed by atoms with Crippen molar-refractivity contribution in [1.29, 1.82) is 0 Å². The number of hydrogen-bond acceptors (Lipinski definition) is 2. The Morgan fingerprint density at radius 2 is 1.48 bits per heavy atom. The zero-order valence-corrected chi connectivity index (χ0v) is 13.6. The fourth-order valence-electron chi connectivity index (χ4n) is 3.62. The van der Waals surface area contributed by atoms with Gasteiger partial charge in [-0.25, -0.2) is 0 Å². The minimum Gasteiger partial charge on any atom is -0.372 e. The summed E-state index contributed by atoms with van der Waals surface area (Å²) in [6, 6.07) is 13.4. The standard InChI is InChI=1S/C18H20O2Si/c1-21(2,14-6-4-3-5-7-14)18-8-13-9-19-10-15(13)16-11-20-12-17(16)18/h3-8H,9-12H2,1-2H3. The normalized spacial score (nSPS) is 16.9. The van der Waals surface area contributed by atoms with Crippen LogP contribution in [0.3, 0.4) is 0 Å². The first-order chi connectivity index (χ1) is 10.2. The SMILES string of the molecule is C[Si](C)(c1ccccc1)c1cc2c(c3c1COC3)COC2. The number of rotatable bonds is 2. The number of fused-ring (bicyclic) bond motifs is 3. The van der Waals surface area contributed by atoms with E-state index < -0.39 is 8.07 Å². The third-order valence-electron chi connectivity index (χ3n) is 4.93. The van der Waals surface area contributed by atoms with Gasteiger partial charge in [0.15, 0.2) is 0 Å².